The molecule has 1 aromatic heterocycles. The van der Waals surface area contributed by atoms with Gasteiger partial charge in [0.25, 0.3) is 10.0 Å². The second-order valence-electron chi connectivity index (χ2n) is 7.35. The number of sulfonamides is 1. The van der Waals surface area contributed by atoms with Gasteiger partial charge in [-0.3, -0.25) is 4.31 Å². The van der Waals surface area contributed by atoms with E-state index >= 15 is 0 Å². The standard InChI is InChI=1S/C21H24N4O2S/c1-23(2)15-17-5-9-20(10-6-17)28(26,27)25-12-3-4-18-7-8-19(14-21(18)25)24-13-11-22-16-24/h5-11,13-14,16H,3-4,12,15H2,1-2H3. The molecule has 2 heterocycles. The molecule has 3 aromatic rings. The Bertz CT molecular complexity index is 1060. The van der Waals surface area contributed by atoms with Crippen LogP contribution in [-0.2, 0) is 23.0 Å². The number of rotatable bonds is 5. The van der Waals surface area contributed by atoms with Crippen molar-refractivity contribution < 1.29 is 8.42 Å². The van der Waals surface area contributed by atoms with Crippen LogP contribution in [0.3, 0.4) is 0 Å². The summed E-state index contributed by atoms with van der Waals surface area (Å²) in [6, 6.07) is 13.2. The van der Waals surface area contributed by atoms with Gasteiger partial charge in [-0.25, -0.2) is 13.4 Å². The number of benzene rings is 2. The minimum absolute atomic E-state index is 0.330. The van der Waals surface area contributed by atoms with E-state index < -0.39 is 10.0 Å². The van der Waals surface area contributed by atoms with Crippen molar-refractivity contribution in [3.8, 4) is 5.69 Å². The van der Waals surface area contributed by atoms with Gasteiger partial charge in [0.15, 0.2) is 0 Å². The number of anilines is 1. The van der Waals surface area contributed by atoms with Gasteiger partial charge in [-0.15, -0.1) is 0 Å². The summed E-state index contributed by atoms with van der Waals surface area (Å²) in [5, 5.41) is 0. The van der Waals surface area contributed by atoms with E-state index in [-0.39, 0.29) is 0 Å². The van der Waals surface area contributed by atoms with Crippen molar-refractivity contribution in [1.82, 2.24) is 14.5 Å². The average Bonchev–Trinajstić information content (AvgIpc) is 3.22. The van der Waals surface area contributed by atoms with Crippen molar-refractivity contribution in [2.45, 2.75) is 24.3 Å². The highest BCUT2D eigenvalue weighted by Crippen LogP contribution is 2.33. The molecule has 4 rings (SSSR count). The highest BCUT2D eigenvalue weighted by molar-refractivity contribution is 7.92. The van der Waals surface area contributed by atoms with Crippen LogP contribution in [0.2, 0.25) is 0 Å². The molecule has 0 unspecified atom stereocenters. The maximum absolute atomic E-state index is 13.4. The van der Waals surface area contributed by atoms with Gasteiger partial charge in [0.1, 0.15) is 0 Å². The lowest BCUT2D eigenvalue weighted by molar-refractivity contribution is 0.402. The first-order valence-corrected chi connectivity index (χ1v) is 10.8. The average molecular weight is 397 g/mol. The molecule has 0 bridgehead atoms. The van der Waals surface area contributed by atoms with E-state index in [0.29, 0.717) is 11.4 Å². The lowest BCUT2D eigenvalue weighted by Gasteiger charge is -2.31. The number of hydrogen-bond acceptors (Lipinski definition) is 4. The molecule has 0 saturated heterocycles. The van der Waals surface area contributed by atoms with E-state index in [2.05, 4.69) is 9.88 Å². The van der Waals surface area contributed by atoms with Gasteiger partial charge >= 0.3 is 0 Å². The minimum atomic E-state index is -3.61. The van der Waals surface area contributed by atoms with E-state index in [1.807, 2.05) is 55.2 Å². The molecule has 0 atom stereocenters. The maximum Gasteiger partial charge on any atom is 0.264 e. The number of aromatic nitrogens is 2. The molecule has 0 spiro atoms. The van der Waals surface area contributed by atoms with Crippen molar-refractivity contribution in [1.29, 1.82) is 0 Å². The molecule has 6 nitrogen and oxygen atoms in total. The maximum atomic E-state index is 13.4. The van der Waals surface area contributed by atoms with Crippen molar-refractivity contribution in [3.05, 3.63) is 72.3 Å². The number of fused-ring (bicyclic) bond motifs is 1. The van der Waals surface area contributed by atoms with Crippen LogP contribution in [0.15, 0.2) is 66.1 Å². The summed E-state index contributed by atoms with van der Waals surface area (Å²) in [7, 11) is 0.375. The summed E-state index contributed by atoms with van der Waals surface area (Å²) in [4.78, 5) is 6.47. The van der Waals surface area contributed by atoms with Crippen molar-refractivity contribution in [2.75, 3.05) is 24.9 Å². The molecular weight excluding hydrogens is 372 g/mol. The van der Waals surface area contributed by atoms with Crippen LogP contribution in [0.25, 0.3) is 5.69 Å². The van der Waals surface area contributed by atoms with Gasteiger partial charge < -0.3 is 9.47 Å². The zero-order valence-corrected chi connectivity index (χ0v) is 16.9. The Morgan fingerprint density at radius 2 is 1.89 bits per heavy atom. The van der Waals surface area contributed by atoms with E-state index in [0.717, 1.165) is 41.9 Å². The Balaban J connectivity index is 1.70. The molecule has 2 aromatic carbocycles. The van der Waals surface area contributed by atoms with Crippen LogP contribution in [-0.4, -0.2) is 43.5 Å². The monoisotopic (exact) mass is 396 g/mol. The fourth-order valence-electron chi connectivity index (χ4n) is 3.61. The van der Waals surface area contributed by atoms with Crippen LogP contribution in [0.1, 0.15) is 17.5 Å². The molecule has 1 aliphatic heterocycles. The first-order chi connectivity index (χ1) is 13.4. The number of nitrogens with zero attached hydrogens (tertiary/aromatic N) is 4. The highest BCUT2D eigenvalue weighted by Gasteiger charge is 2.29. The lowest BCUT2D eigenvalue weighted by atomic mass is 10.0. The van der Waals surface area contributed by atoms with E-state index in [1.165, 1.54) is 0 Å². The fourth-order valence-corrected chi connectivity index (χ4v) is 5.14. The van der Waals surface area contributed by atoms with Crippen LogP contribution in [0, 0.1) is 0 Å². The molecule has 28 heavy (non-hydrogen) atoms. The van der Waals surface area contributed by atoms with E-state index in [1.54, 1.807) is 29.0 Å². The van der Waals surface area contributed by atoms with Crippen molar-refractivity contribution >= 4 is 15.7 Å². The predicted octanol–water partition coefficient (Wildman–Crippen LogP) is 3.08. The van der Waals surface area contributed by atoms with Crippen LogP contribution in [0.5, 0.6) is 0 Å². The number of imidazole rings is 1. The van der Waals surface area contributed by atoms with Crippen molar-refractivity contribution in [2.24, 2.45) is 0 Å². The van der Waals surface area contributed by atoms with Gasteiger partial charge in [-0.1, -0.05) is 18.2 Å². The third-order valence-corrected chi connectivity index (χ3v) is 6.79. The minimum Gasteiger partial charge on any atom is -0.306 e. The Hall–Kier alpha value is -2.64. The fraction of sp³-hybridized carbons (Fsp3) is 0.286. The molecule has 0 saturated carbocycles. The molecule has 146 valence electrons. The van der Waals surface area contributed by atoms with Crippen molar-refractivity contribution in [3.63, 3.8) is 0 Å². The van der Waals surface area contributed by atoms with Crippen LogP contribution >= 0.6 is 0 Å². The van der Waals surface area contributed by atoms with Gasteiger partial charge in [0, 0.05) is 31.2 Å². The summed E-state index contributed by atoms with van der Waals surface area (Å²) in [6.07, 6.45) is 6.98. The van der Waals surface area contributed by atoms with Gasteiger partial charge in [0.05, 0.1) is 16.9 Å². The third-order valence-electron chi connectivity index (χ3n) is 4.96. The summed E-state index contributed by atoms with van der Waals surface area (Å²) in [6.45, 7) is 1.27. The summed E-state index contributed by atoms with van der Waals surface area (Å²) < 4.78 is 30.2. The third kappa shape index (κ3) is 3.55. The number of hydrogen-bond donors (Lipinski definition) is 0. The second-order valence-corrected chi connectivity index (χ2v) is 9.21. The molecule has 0 fully saturated rings. The summed E-state index contributed by atoms with van der Waals surface area (Å²) in [5.41, 5.74) is 3.81. The van der Waals surface area contributed by atoms with Gasteiger partial charge in [-0.05, 0) is 62.3 Å². The molecule has 0 N–H and O–H groups in total. The SMILES string of the molecule is CN(C)Cc1ccc(S(=O)(=O)N2CCCc3ccc(-n4ccnc4)cc32)cc1. The quantitative estimate of drug-likeness (QED) is 0.665. The van der Waals surface area contributed by atoms with Gasteiger partial charge in [0.2, 0.25) is 0 Å². The summed E-state index contributed by atoms with van der Waals surface area (Å²) in [5.74, 6) is 0. The molecular formula is C21H24N4O2S. The Kier molecular flexibility index (Phi) is 4.95. The molecule has 7 heteroatoms. The normalized spacial score (nSPS) is 14.3. The zero-order valence-electron chi connectivity index (χ0n) is 16.1. The molecule has 0 amide bonds. The van der Waals surface area contributed by atoms with Crippen LogP contribution < -0.4 is 4.31 Å². The smallest absolute Gasteiger partial charge is 0.264 e. The van der Waals surface area contributed by atoms with Gasteiger partial charge in [-0.2, -0.15) is 0 Å². The Morgan fingerprint density at radius 1 is 1.11 bits per heavy atom. The Morgan fingerprint density at radius 3 is 2.57 bits per heavy atom. The summed E-state index contributed by atoms with van der Waals surface area (Å²) >= 11 is 0. The highest BCUT2D eigenvalue weighted by atomic mass is 32.2. The number of aryl methyl sites for hydroxylation is 1. The first-order valence-electron chi connectivity index (χ1n) is 9.33. The molecule has 1 aliphatic rings. The largest absolute Gasteiger partial charge is 0.306 e. The first kappa shape index (κ1) is 18.7. The Labute approximate surface area is 166 Å². The molecule has 0 radical (unpaired) electrons. The topological polar surface area (TPSA) is 58.4 Å². The predicted molar refractivity (Wildman–Crippen MR) is 110 cm³/mol. The molecule has 0 aliphatic carbocycles. The van der Waals surface area contributed by atoms with E-state index in [9.17, 15) is 8.42 Å². The van der Waals surface area contributed by atoms with E-state index in [4.69, 9.17) is 0 Å². The van der Waals surface area contributed by atoms with Crippen LogP contribution in [0.4, 0.5) is 5.69 Å². The lowest BCUT2D eigenvalue weighted by Crippen LogP contribution is -2.35. The second kappa shape index (κ2) is 7.41. The zero-order chi connectivity index (χ0) is 19.7.